The first kappa shape index (κ1) is 16.2. The molecule has 3 nitrogen and oxygen atoms in total. The first-order valence-corrected chi connectivity index (χ1v) is 7.45. The average Bonchev–Trinajstić information content (AvgIpc) is 2.48. The van der Waals surface area contributed by atoms with Crippen molar-refractivity contribution in [1.82, 2.24) is 5.43 Å². The number of nitrogens with two attached hydrogens (primary N) is 1. The van der Waals surface area contributed by atoms with Crippen LogP contribution in [0.5, 0.6) is 5.75 Å². The van der Waals surface area contributed by atoms with E-state index in [2.05, 4.69) is 21.4 Å². The maximum atomic E-state index is 13.7. The van der Waals surface area contributed by atoms with Crippen LogP contribution in [0, 0.1) is 5.82 Å². The van der Waals surface area contributed by atoms with Gasteiger partial charge in [0, 0.05) is 4.47 Å². The lowest BCUT2D eigenvalue weighted by atomic mass is 9.99. The van der Waals surface area contributed by atoms with Crippen LogP contribution in [0.25, 0.3) is 0 Å². The van der Waals surface area contributed by atoms with Gasteiger partial charge in [-0.15, -0.1) is 0 Å². The molecule has 3 N–H and O–H groups in total. The summed E-state index contributed by atoms with van der Waals surface area (Å²) >= 11 is 9.36. The van der Waals surface area contributed by atoms with Crippen molar-refractivity contribution < 1.29 is 9.13 Å². The number of hydrogen-bond acceptors (Lipinski definition) is 3. The van der Waals surface area contributed by atoms with Gasteiger partial charge in [-0.25, -0.2) is 4.39 Å². The predicted octanol–water partition coefficient (Wildman–Crippen LogP) is 4.00. The Labute approximate surface area is 136 Å². The Morgan fingerprint density at radius 2 is 2.10 bits per heavy atom. The number of ether oxygens (including phenoxy) is 1. The maximum Gasteiger partial charge on any atom is 0.165 e. The summed E-state index contributed by atoms with van der Waals surface area (Å²) in [6.07, 6.45) is 0.547. The number of hydrogen-bond donors (Lipinski definition) is 2. The molecular weight excluding hydrogens is 359 g/mol. The molecule has 0 aliphatic carbocycles. The highest BCUT2D eigenvalue weighted by Crippen LogP contribution is 2.28. The van der Waals surface area contributed by atoms with Crippen LogP contribution in [-0.4, -0.2) is 7.11 Å². The van der Waals surface area contributed by atoms with E-state index in [-0.39, 0.29) is 17.6 Å². The molecule has 0 aliphatic rings. The minimum Gasteiger partial charge on any atom is -0.494 e. The quantitative estimate of drug-likeness (QED) is 0.615. The lowest BCUT2D eigenvalue weighted by Crippen LogP contribution is -2.29. The molecule has 1 unspecified atom stereocenters. The van der Waals surface area contributed by atoms with Crippen molar-refractivity contribution in [2.24, 2.45) is 5.84 Å². The van der Waals surface area contributed by atoms with Crippen molar-refractivity contribution in [3.05, 3.63) is 62.8 Å². The third-order valence-electron chi connectivity index (χ3n) is 3.20. The molecule has 2 rings (SSSR count). The molecule has 0 fully saturated rings. The first-order chi connectivity index (χ1) is 10.0. The first-order valence-electron chi connectivity index (χ1n) is 6.28. The molecule has 0 amide bonds. The van der Waals surface area contributed by atoms with E-state index < -0.39 is 0 Å². The average molecular weight is 374 g/mol. The number of hydrazine groups is 1. The molecule has 0 saturated heterocycles. The van der Waals surface area contributed by atoms with Gasteiger partial charge >= 0.3 is 0 Å². The van der Waals surface area contributed by atoms with E-state index in [9.17, 15) is 4.39 Å². The van der Waals surface area contributed by atoms with E-state index >= 15 is 0 Å². The molecule has 2 aromatic rings. The summed E-state index contributed by atoms with van der Waals surface area (Å²) in [6.45, 7) is 0. The summed E-state index contributed by atoms with van der Waals surface area (Å²) in [5.41, 5.74) is 4.53. The minimum atomic E-state index is -0.386. The van der Waals surface area contributed by atoms with Crippen LogP contribution in [0.1, 0.15) is 17.2 Å². The molecule has 0 spiro atoms. The van der Waals surface area contributed by atoms with Gasteiger partial charge in [0.25, 0.3) is 0 Å². The van der Waals surface area contributed by atoms with Gasteiger partial charge in [0.15, 0.2) is 11.6 Å². The Morgan fingerprint density at radius 1 is 1.33 bits per heavy atom. The Kier molecular flexibility index (Phi) is 5.58. The van der Waals surface area contributed by atoms with E-state index in [4.69, 9.17) is 22.2 Å². The summed E-state index contributed by atoms with van der Waals surface area (Å²) in [6, 6.07) is 10.3. The van der Waals surface area contributed by atoms with Gasteiger partial charge in [-0.2, -0.15) is 0 Å². The zero-order valence-electron chi connectivity index (χ0n) is 11.4. The Balaban J connectivity index is 2.22. The van der Waals surface area contributed by atoms with Crippen LogP contribution in [-0.2, 0) is 6.42 Å². The normalized spacial score (nSPS) is 12.2. The molecule has 0 aliphatic heterocycles. The molecule has 112 valence electrons. The van der Waals surface area contributed by atoms with Gasteiger partial charge in [-0.05, 0) is 57.7 Å². The minimum absolute atomic E-state index is 0.147. The molecule has 0 bridgehead atoms. The topological polar surface area (TPSA) is 47.3 Å². The molecule has 6 heteroatoms. The van der Waals surface area contributed by atoms with Crippen LogP contribution in [0.2, 0.25) is 5.02 Å². The summed E-state index contributed by atoms with van der Waals surface area (Å²) in [5, 5.41) is 0.630. The summed E-state index contributed by atoms with van der Waals surface area (Å²) < 4.78 is 19.4. The van der Waals surface area contributed by atoms with Gasteiger partial charge < -0.3 is 4.74 Å². The Morgan fingerprint density at radius 3 is 2.67 bits per heavy atom. The molecular formula is C15H15BrClFN2O. The van der Waals surface area contributed by atoms with Crippen molar-refractivity contribution in [3.8, 4) is 5.75 Å². The highest BCUT2D eigenvalue weighted by atomic mass is 79.9. The largest absolute Gasteiger partial charge is 0.494 e. The monoisotopic (exact) mass is 372 g/mol. The standard InChI is InChI=1S/C15H15BrClFN2O/c1-21-15-5-2-9(6-13(15)18)7-14(20-19)10-3-4-12(17)11(16)8-10/h2-6,8,14,20H,7,19H2,1H3. The fourth-order valence-electron chi connectivity index (χ4n) is 2.07. The van der Waals surface area contributed by atoms with Crippen molar-refractivity contribution >= 4 is 27.5 Å². The fourth-order valence-corrected chi connectivity index (χ4v) is 2.59. The van der Waals surface area contributed by atoms with Crippen LogP contribution in [0.15, 0.2) is 40.9 Å². The third kappa shape index (κ3) is 3.95. The summed E-state index contributed by atoms with van der Waals surface area (Å²) in [4.78, 5) is 0. The predicted molar refractivity (Wildman–Crippen MR) is 85.9 cm³/mol. The second-order valence-electron chi connectivity index (χ2n) is 4.57. The van der Waals surface area contributed by atoms with Crippen molar-refractivity contribution in [3.63, 3.8) is 0 Å². The third-order valence-corrected chi connectivity index (χ3v) is 4.42. The lowest BCUT2D eigenvalue weighted by molar-refractivity contribution is 0.386. The van der Waals surface area contributed by atoms with Crippen LogP contribution in [0.4, 0.5) is 4.39 Å². The number of nitrogens with one attached hydrogen (secondary N) is 1. The van der Waals surface area contributed by atoms with Crippen LogP contribution in [0.3, 0.4) is 0 Å². The second-order valence-corrected chi connectivity index (χ2v) is 5.83. The Bertz CT molecular complexity index is 639. The zero-order chi connectivity index (χ0) is 15.4. The SMILES string of the molecule is COc1ccc(CC(NN)c2ccc(Cl)c(Br)c2)cc1F. The Hall–Kier alpha value is -1.14. The van der Waals surface area contributed by atoms with E-state index in [0.717, 1.165) is 15.6 Å². The number of halogens is 3. The highest BCUT2D eigenvalue weighted by molar-refractivity contribution is 9.10. The van der Waals surface area contributed by atoms with Gasteiger partial charge in [-0.3, -0.25) is 11.3 Å². The van der Waals surface area contributed by atoms with E-state index in [1.807, 2.05) is 18.2 Å². The molecule has 0 aromatic heterocycles. The molecule has 2 aromatic carbocycles. The highest BCUT2D eigenvalue weighted by Gasteiger charge is 2.13. The summed E-state index contributed by atoms with van der Waals surface area (Å²) in [7, 11) is 1.44. The van der Waals surface area contributed by atoms with Gasteiger partial charge in [0.05, 0.1) is 18.2 Å². The van der Waals surface area contributed by atoms with E-state index in [0.29, 0.717) is 11.4 Å². The number of benzene rings is 2. The molecule has 0 saturated carbocycles. The lowest BCUT2D eigenvalue weighted by Gasteiger charge is -2.17. The van der Waals surface area contributed by atoms with Crippen LogP contribution >= 0.6 is 27.5 Å². The molecule has 21 heavy (non-hydrogen) atoms. The summed E-state index contributed by atoms with van der Waals surface area (Å²) in [5.74, 6) is 5.46. The van der Waals surface area contributed by atoms with Crippen molar-refractivity contribution in [2.45, 2.75) is 12.5 Å². The van der Waals surface area contributed by atoms with E-state index in [1.165, 1.54) is 13.2 Å². The molecule has 1 atom stereocenters. The fraction of sp³-hybridized carbons (Fsp3) is 0.200. The zero-order valence-corrected chi connectivity index (χ0v) is 13.7. The maximum absolute atomic E-state index is 13.7. The number of methoxy groups -OCH3 is 1. The van der Waals surface area contributed by atoms with Crippen LogP contribution < -0.4 is 16.0 Å². The smallest absolute Gasteiger partial charge is 0.165 e. The molecule has 0 radical (unpaired) electrons. The van der Waals surface area contributed by atoms with Crippen molar-refractivity contribution in [2.75, 3.05) is 7.11 Å². The van der Waals surface area contributed by atoms with Gasteiger partial charge in [0.2, 0.25) is 0 Å². The van der Waals surface area contributed by atoms with Crippen molar-refractivity contribution in [1.29, 1.82) is 0 Å². The van der Waals surface area contributed by atoms with Gasteiger partial charge in [0.1, 0.15) is 0 Å². The van der Waals surface area contributed by atoms with E-state index in [1.54, 1.807) is 12.1 Å². The molecule has 0 heterocycles. The number of rotatable bonds is 5. The second kappa shape index (κ2) is 7.22. The van der Waals surface area contributed by atoms with Gasteiger partial charge in [-0.1, -0.05) is 23.7 Å².